The van der Waals surface area contributed by atoms with Crippen LogP contribution < -0.4 is 9.62 Å². The van der Waals surface area contributed by atoms with Crippen LogP contribution in [-0.4, -0.2) is 31.6 Å². The standard InChI is InChI=1S/C24H22N4O3S3/c1-17-8-14-21(15-9-17)34(30,31)28(2)20-12-10-19(11-13-20)22(29)25-23-26-27-24(33-23)32-16-18-6-4-3-5-7-18/h3-15H,16H2,1-2H3,(H,25,26,29). The highest BCUT2D eigenvalue weighted by Gasteiger charge is 2.21. The Labute approximate surface area is 206 Å². The number of benzene rings is 3. The molecule has 34 heavy (non-hydrogen) atoms. The summed E-state index contributed by atoms with van der Waals surface area (Å²) in [5.74, 6) is 0.426. The van der Waals surface area contributed by atoms with Crippen molar-refractivity contribution in [2.24, 2.45) is 0 Å². The van der Waals surface area contributed by atoms with E-state index in [2.05, 4.69) is 15.5 Å². The highest BCUT2D eigenvalue weighted by molar-refractivity contribution is 8.00. The van der Waals surface area contributed by atoms with E-state index in [-0.39, 0.29) is 10.8 Å². The van der Waals surface area contributed by atoms with E-state index < -0.39 is 10.0 Å². The Balaban J connectivity index is 1.38. The van der Waals surface area contributed by atoms with Crippen LogP contribution in [0.3, 0.4) is 0 Å². The summed E-state index contributed by atoms with van der Waals surface area (Å²) in [5, 5.41) is 11.3. The number of aromatic nitrogens is 2. The first-order valence-corrected chi connectivity index (χ1v) is 13.5. The van der Waals surface area contributed by atoms with Gasteiger partial charge in [0, 0.05) is 18.4 Å². The summed E-state index contributed by atoms with van der Waals surface area (Å²) in [7, 11) is -2.21. The maximum absolute atomic E-state index is 12.9. The number of hydrogen-bond donors (Lipinski definition) is 1. The number of carbonyl (C=O) groups is 1. The summed E-state index contributed by atoms with van der Waals surface area (Å²) in [4.78, 5) is 12.8. The number of amides is 1. The fraction of sp³-hybridized carbons (Fsp3) is 0.125. The molecule has 0 aliphatic heterocycles. The van der Waals surface area contributed by atoms with Gasteiger partial charge in [-0.2, -0.15) is 0 Å². The van der Waals surface area contributed by atoms with Gasteiger partial charge in [0.15, 0.2) is 4.34 Å². The van der Waals surface area contributed by atoms with Gasteiger partial charge in [-0.3, -0.25) is 14.4 Å². The lowest BCUT2D eigenvalue weighted by atomic mass is 10.2. The van der Waals surface area contributed by atoms with Gasteiger partial charge in [0.1, 0.15) is 0 Å². The molecule has 4 rings (SSSR count). The smallest absolute Gasteiger partial charge is 0.264 e. The number of hydrogen-bond acceptors (Lipinski definition) is 7. The molecule has 0 radical (unpaired) electrons. The van der Waals surface area contributed by atoms with E-state index in [4.69, 9.17) is 0 Å². The Hall–Kier alpha value is -3.21. The van der Waals surface area contributed by atoms with E-state index in [1.807, 2.05) is 37.3 Å². The third-order valence-corrected chi connectivity index (χ3v) is 8.85. The summed E-state index contributed by atoms with van der Waals surface area (Å²) in [6.07, 6.45) is 0. The van der Waals surface area contributed by atoms with Crippen LogP contribution >= 0.6 is 23.1 Å². The van der Waals surface area contributed by atoms with Gasteiger partial charge in [0.25, 0.3) is 15.9 Å². The van der Waals surface area contributed by atoms with E-state index >= 15 is 0 Å². The van der Waals surface area contributed by atoms with E-state index in [0.29, 0.717) is 16.4 Å². The maximum atomic E-state index is 12.9. The first-order valence-electron chi connectivity index (χ1n) is 10.3. The predicted molar refractivity (Wildman–Crippen MR) is 137 cm³/mol. The predicted octanol–water partition coefficient (Wildman–Crippen LogP) is 5.22. The molecule has 10 heteroatoms. The molecular weight excluding hydrogens is 488 g/mol. The summed E-state index contributed by atoms with van der Waals surface area (Å²) < 4.78 is 27.7. The van der Waals surface area contributed by atoms with Crippen LogP contribution in [0.2, 0.25) is 0 Å². The maximum Gasteiger partial charge on any atom is 0.264 e. The minimum atomic E-state index is -3.70. The Bertz CT molecular complexity index is 1370. The number of carbonyl (C=O) groups excluding carboxylic acids is 1. The lowest BCUT2D eigenvalue weighted by Crippen LogP contribution is -2.26. The van der Waals surface area contributed by atoms with Crippen LogP contribution in [0.4, 0.5) is 10.8 Å². The number of sulfonamides is 1. The van der Waals surface area contributed by atoms with Gasteiger partial charge in [-0.05, 0) is 48.9 Å². The summed E-state index contributed by atoms with van der Waals surface area (Å²) in [5.41, 5.74) is 3.00. The zero-order chi connectivity index (χ0) is 24.1. The number of nitrogens with one attached hydrogen (secondary N) is 1. The fourth-order valence-corrected chi connectivity index (χ4v) is 5.94. The second kappa shape index (κ2) is 10.4. The van der Waals surface area contributed by atoms with Gasteiger partial charge in [0.2, 0.25) is 5.13 Å². The summed E-state index contributed by atoms with van der Waals surface area (Å²) in [6, 6.07) is 23.1. The van der Waals surface area contributed by atoms with Crippen molar-refractivity contribution in [3.63, 3.8) is 0 Å². The first kappa shape index (κ1) is 23.9. The second-order valence-electron chi connectivity index (χ2n) is 7.43. The lowest BCUT2D eigenvalue weighted by molar-refractivity contribution is 0.102. The van der Waals surface area contributed by atoms with Gasteiger partial charge in [-0.1, -0.05) is 71.1 Å². The molecule has 0 aliphatic rings. The Morgan fingerprint density at radius 3 is 2.32 bits per heavy atom. The van der Waals surface area contributed by atoms with Crippen molar-refractivity contribution in [2.75, 3.05) is 16.7 Å². The van der Waals surface area contributed by atoms with Crippen molar-refractivity contribution in [3.05, 3.63) is 95.6 Å². The van der Waals surface area contributed by atoms with Crippen LogP contribution in [0.25, 0.3) is 0 Å². The van der Waals surface area contributed by atoms with Crippen molar-refractivity contribution >= 4 is 49.8 Å². The van der Waals surface area contributed by atoms with Crippen LogP contribution in [0, 0.1) is 6.92 Å². The fourth-order valence-electron chi connectivity index (χ4n) is 3.04. The highest BCUT2D eigenvalue weighted by atomic mass is 32.2. The summed E-state index contributed by atoms with van der Waals surface area (Å²) in [6.45, 7) is 1.90. The molecule has 0 unspecified atom stereocenters. The molecule has 1 heterocycles. The Kier molecular flexibility index (Phi) is 7.30. The van der Waals surface area contributed by atoms with Crippen LogP contribution in [0.1, 0.15) is 21.5 Å². The quantitative estimate of drug-likeness (QED) is 0.258. The second-order valence-corrected chi connectivity index (χ2v) is 11.6. The third kappa shape index (κ3) is 5.64. The number of thioether (sulfide) groups is 1. The minimum Gasteiger partial charge on any atom is -0.296 e. The third-order valence-electron chi connectivity index (χ3n) is 5.00. The van der Waals surface area contributed by atoms with Crippen LogP contribution in [0.5, 0.6) is 0 Å². The van der Waals surface area contributed by atoms with Crippen molar-refractivity contribution in [1.29, 1.82) is 0 Å². The average molecular weight is 511 g/mol. The van der Waals surface area contributed by atoms with Gasteiger partial charge in [-0.15, -0.1) is 10.2 Å². The Morgan fingerprint density at radius 1 is 0.971 bits per heavy atom. The van der Waals surface area contributed by atoms with Crippen molar-refractivity contribution in [2.45, 2.75) is 21.9 Å². The van der Waals surface area contributed by atoms with Gasteiger partial charge < -0.3 is 0 Å². The largest absolute Gasteiger partial charge is 0.296 e. The molecule has 0 atom stereocenters. The van der Waals surface area contributed by atoms with E-state index in [0.717, 1.165) is 15.7 Å². The average Bonchev–Trinajstić information content (AvgIpc) is 3.30. The molecule has 1 N–H and O–H groups in total. The van der Waals surface area contributed by atoms with E-state index in [9.17, 15) is 13.2 Å². The molecule has 174 valence electrons. The summed E-state index contributed by atoms with van der Waals surface area (Å²) >= 11 is 2.86. The zero-order valence-electron chi connectivity index (χ0n) is 18.5. The molecule has 0 spiro atoms. The molecule has 1 aromatic heterocycles. The Morgan fingerprint density at radius 2 is 1.65 bits per heavy atom. The van der Waals surface area contributed by atoms with E-state index in [1.54, 1.807) is 60.3 Å². The molecule has 0 aliphatic carbocycles. The molecule has 3 aromatic carbocycles. The number of anilines is 2. The highest BCUT2D eigenvalue weighted by Crippen LogP contribution is 2.29. The first-order chi connectivity index (χ1) is 16.3. The zero-order valence-corrected chi connectivity index (χ0v) is 21.0. The number of nitrogens with zero attached hydrogens (tertiary/aromatic N) is 3. The van der Waals surface area contributed by atoms with Gasteiger partial charge >= 0.3 is 0 Å². The van der Waals surface area contributed by atoms with Crippen LogP contribution in [-0.2, 0) is 15.8 Å². The molecule has 0 bridgehead atoms. The molecule has 7 nitrogen and oxygen atoms in total. The molecule has 4 aromatic rings. The molecule has 0 saturated carbocycles. The topological polar surface area (TPSA) is 92.3 Å². The minimum absolute atomic E-state index is 0.208. The molecule has 1 amide bonds. The van der Waals surface area contributed by atoms with Crippen molar-refractivity contribution < 1.29 is 13.2 Å². The monoisotopic (exact) mass is 510 g/mol. The molecular formula is C24H22N4O3S3. The van der Waals surface area contributed by atoms with Crippen molar-refractivity contribution in [1.82, 2.24) is 10.2 Å². The SMILES string of the molecule is Cc1ccc(S(=O)(=O)N(C)c2ccc(C(=O)Nc3nnc(SCc4ccccc4)s3)cc2)cc1. The van der Waals surface area contributed by atoms with E-state index in [1.165, 1.54) is 28.3 Å². The number of aryl methyl sites for hydroxylation is 1. The number of rotatable bonds is 8. The molecule has 0 saturated heterocycles. The van der Waals surface area contributed by atoms with Gasteiger partial charge in [0.05, 0.1) is 10.6 Å². The normalized spacial score (nSPS) is 11.2. The van der Waals surface area contributed by atoms with Crippen LogP contribution in [0.15, 0.2) is 88.1 Å². The molecule has 0 fully saturated rings. The lowest BCUT2D eigenvalue weighted by Gasteiger charge is -2.19. The van der Waals surface area contributed by atoms with Crippen molar-refractivity contribution in [3.8, 4) is 0 Å². The van der Waals surface area contributed by atoms with Gasteiger partial charge in [-0.25, -0.2) is 8.42 Å².